The van der Waals surface area contributed by atoms with Gasteiger partial charge in [-0.05, 0) is 58.6 Å². The minimum atomic E-state index is -1.14. The van der Waals surface area contributed by atoms with Crippen LogP contribution in [-0.4, -0.2) is 40.9 Å². The van der Waals surface area contributed by atoms with Crippen molar-refractivity contribution in [2.24, 2.45) is 0 Å². The molecule has 2 aliphatic rings. The highest BCUT2D eigenvalue weighted by molar-refractivity contribution is 5.80. The molecule has 176 valence electrons. The van der Waals surface area contributed by atoms with Gasteiger partial charge >= 0.3 is 12.1 Å². The summed E-state index contributed by atoms with van der Waals surface area (Å²) >= 11 is 0. The first-order valence-corrected chi connectivity index (χ1v) is 11.7. The Kier molecular flexibility index (Phi) is 10.4. The second kappa shape index (κ2) is 12.7. The monoisotopic (exact) mass is 436 g/mol. The highest BCUT2D eigenvalue weighted by atomic mass is 16.6. The lowest BCUT2D eigenvalue weighted by molar-refractivity contribution is -0.139. The van der Waals surface area contributed by atoms with Gasteiger partial charge in [0.05, 0.1) is 6.26 Å². The molecule has 0 aromatic carbocycles. The van der Waals surface area contributed by atoms with E-state index in [1.54, 1.807) is 32.9 Å². The summed E-state index contributed by atoms with van der Waals surface area (Å²) in [5, 5.41) is 15.2. The Labute approximate surface area is 186 Å². The molecule has 0 radical (unpaired) electrons. The second-order valence-corrected chi connectivity index (χ2v) is 9.66. The van der Waals surface area contributed by atoms with E-state index in [0.29, 0.717) is 5.76 Å². The third-order valence-corrected chi connectivity index (χ3v) is 5.66. The third kappa shape index (κ3) is 10.7. The Morgan fingerprint density at radius 2 is 1.61 bits per heavy atom. The van der Waals surface area contributed by atoms with E-state index < -0.39 is 23.7 Å². The Hall–Kier alpha value is -2.02. The Morgan fingerprint density at radius 3 is 2.03 bits per heavy atom. The zero-order valence-electron chi connectivity index (χ0n) is 19.3. The first-order chi connectivity index (χ1) is 14.7. The molecule has 2 fully saturated rings. The van der Waals surface area contributed by atoms with Gasteiger partial charge in [0.2, 0.25) is 0 Å². The summed E-state index contributed by atoms with van der Waals surface area (Å²) in [7, 11) is 0. The molecule has 1 atom stereocenters. The normalized spacial score (nSPS) is 19.1. The summed E-state index contributed by atoms with van der Waals surface area (Å²) in [5.41, 5.74) is -0.669. The topological polar surface area (TPSA) is 101 Å². The fourth-order valence-electron chi connectivity index (χ4n) is 4.15. The van der Waals surface area contributed by atoms with Crippen LogP contribution in [0, 0.1) is 0 Å². The largest absolute Gasteiger partial charge is 0.480 e. The van der Waals surface area contributed by atoms with E-state index in [-0.39, 0.29) is 6.42 Å². The van der Waals surface area contributed by atoms with Crippen LogP contribution >= 0.6 is 0 Å². The number of hydrogen-bond donors (Lipinski definition) is 3. The van der Waals surface area contributed by atoms with Crippen LogP contribution in [0.25, 0.3) is 0 Å². The van der Waals surface area contributed by atoms with Gasteiger partial charge in [0.15, 0.2) is 0 Å². The Bertz CT molecular complexity index is 625. The quantitative estimate of drug-likeness (QED) is 0.577. The van der Waals surface area contributed by atoms with Crippen LogP contribution in [0.3, 0.4) is 0 Å². The van der Waals surface area contributed by atoms with Gasteiger partial charge in [-0.2, -0.15) is 0 Å². The Morgan fingerprint density at radius 1 is 1.06 bits per heavy atom. The van der Waals surface area contributed by atoms with Crippen LogP contribution in [-0.2, 0) is 16.0 Å². The zero-order valence-corrected chi connectivity index (χ0v) is 19.3. The Balaban J connectivity index is 0.000000231. The van der Waals surface area contributed by atoms with Crippen molar-refractivity contribution in [1.82, 2.24) is 10.6 Å². The first-order valence-electron chi connectivity index (χ1n) is 11.7. The molecule has 0 aliphatic heterocycles. The predicted octanol–water partition coefficient (Wildman–Crippen LogP) is 5.04. The minimum Gasteiger partial charge on any atom is -0.480 e. The second-order valence-electron chi connectivity index (χ2n) is 9.66. The summed E-state index contributed by atoms with van der Waals surface area (Å²) in [6, 6.07) is 3.97. The lowest BCUT2D eigenvalue weighted by Gasteiger charge is -2.30. The van der Waals surface area contributed by atoms with E-state index in [1.165, 1.54) is 70.5 Å². The smallest absolute Gasteiger partial charge is 0.408 e. The molecule has 0 saturated heterocycles. The fraction of sp³-hybridized carbons (Fsp3) is 0.750. The number of amides is 1. The van der Waals surface area contributed by atoms with Gasteiger partial charge in [-0.25, -0.2) is 9.59 Å². The van der Waals surface area contributed by atoms with Crippen molar-refractivity contribution < 1.29 is 23.8 Å². The first kappa shape index (κ1) is 25.2. The minimum absolute atomic E-state index is 0.0710. The van der Waals surface area contributed by atoms with Crippen LogP contribution in [0.5, 0.6) is 0 Å². The number of furan rings is 1. The molecule has 31 heavy (non-hydrogen) atoms. The van der Waals surface area contributed by atoms with Crippen LogP contribution < -0.4 is 10.6 Å². The van der Waals surface area contributed by atoms with E-state index >= 15 is 0 Å². The summed E-state index contributed by atoms with van der Waals surface area (Å²) in [6.07, 6.45) is 15.3. The summed E-state index contributed by atoms with van der Waals surface area (Å²) in [5.74, 6) is -0.657. The maximum atomic E-state index is 11.5. The van der Waals surface area contributed by atoms with Gasteiger partial charge in [0.25, 0.3) is 0 Å². The summed E-state index contributed by atoms with van der Waals surface area (Å²) < 4.78 is 10.0. The van der Waals surface area contributed by atoms with Gasteiger partial charge in [0.1, 0.15) is 17.4 Å². The number of nitrogens with one attached hydrogen (secondary N) is 2. The summed E-state index contributed by atoms with van der Waals surface area (Å²) in [6.45, 7) is 5.11. The molecule has 1 aromatic rings. The molecule has 7 heteroatoms. The van der Waals surface area contributed by atoms with E-state index in [4.69, 9.17) is 14.3 Å². The van der Waals surface area contributed by atoms with Crippen LogP contribution in [0.1, 0.15) is 90.7 Å². The number of carboxylic acid groups (broad SMARTS) is 1. The zero-order chi connectivity index (χ0) is 22.7. The molecule has 7 nitrogen and oxygen atoms in total. The number of aliphatic carboxylic acids is 1. The van der Waals surface area contributed by atoms with Crippen molar-refractivity contribution in [3.63, 3.8) is 0 Å². The van der Waals surface area contributed by atoms with Gasteiger partial charge in [-0.15, -0.1) is 0 Å². The van der Waals surface area contributed by atoms with E-state index in [0.717, 1.165) is 12.1 Å². The molecule has 1 heterocycles. The molecule has 3 N–H and O–H groups in total. The molecular weight excluding hydrogens is 396 g/mol. The highest BCUT2D eigenvalue weighted by Gasteiger charge is 2.25. The van der Waals surface area contributed by atoms with Crippen LogP contribution in [0.15, 0.2) is 22.8 Å². The average Bonchev–Trinajstić information content (AvgIpc) is 3.21. The van der Waals surface area contributed by atoms with Gasteiger partial charge in [0, 0.05) is 18.5 Å². The van der Waals surface area contributed by atoms with Crippen molar-refractivity contribution >= 4 is 12.1 Å². The van der Waals surface area contributed by atoms with Crippen molar-refractivity contribution in [3.05, 3.63) is 24.2 Å². The number of hydrogen-bond acceptors (Lipinski definition) is 5. The maximum Gasteiger partial charge on any atom is 0.408 e. The number of carboxylic acids is 1. The van der Waals surface area contributed by atoms with Gasteiger partial charge in [-0.3, -0.25) is 0 Å². The maximum absolute atomic E-state index is 11.5. The van der Waals surface area contributed by atoms with Crippen molar-refractivity contribution in [2.75, 3.05) is 0 Å². The molecule has 2 saturated carbocycles. The molecule has 3 rings (SSSR count). The van der Waals surface area contributed by atoms with Gasteiger partial charge < -0.3 is 24.9 Å². The van der Waals surface area contributed by atoms with E-state index in [2.05, 4.69) is 10.6 Å². The van der Waals surface area contributed by atoms with E-state index in [9.17, 15) is 9.59 Å². The number of ether oxygens (including phenoxy) is 1. The molecule has 0 spiro atoms. The van der Waals surface area contributed by atoms with Crippen molar-refractivity contribution in [2.45, 2.75) is 115 Å². The number of alkyl carbamates (subject to hydrolysis) is 1. The fourth-order valence-corrected chi connectivity index (χ4v) is 4.15. The van der Waals surface area contributed by atoms with Gasteiger partial charge in [-0.1, -0.05) is 38.5 Å². The molecule has 1 aromatic heterocycles. The van der Waals surface area contributed by atoms with E-state index in [1.807, 2.05) is 0 Å². The van der Waals surface area contributed by atoms with Crippen molar-refractivity contribution in [1.29, 1.82) is 0 Å². The van der Waals surface area contributed by atoms with Crippen LogP contribution in [0.2, 0.25) is 0 Å². The number of carbonyl (C=O) groups excluding carboxylic acids is 1. The van der Waals surface area contributed by atoms with Crippen LogP contribution in [0.4, 0.5) is 4.79 Å². The molecule has 1 amide bonds. The lowest BCUT2D eigenvalue weighted by Crippen LogP contribution is -2.44. The van der Waals surface area contributed by atoms with Crippen molar-refractivity contribution in [3.8, 4) is 0 Å². The standard InChI is InChI=1S/C12H17NO5.C12H23N/c1-12(2,3)18-11(16)13-9(10(14)15)7-8-5-4-6-17-8;1-3-7-11(8-4-1)13-12-9-5-2-6-10-12/h4-6,9H,7H2,1-3H3,(H,13,16)(H,14,15);11-13H,1-10H2/t9-;/m1./s1. The summed E-state index contributed by atoms with van der Waals surface area (Å²) in [4.78, 5) is 22.5. The molecular formula is C24H40N2O5. The number of carbonyl (C=O) groups is 2. The predicted molar refractivity (Wildman–Crippen MR) is 120 cm³/mol. The molecule has 0 bridgehead atoms. The average molecular weight is 437 g/mol. The third-order valence-electron chi connectivity index (χ3n) is 5.66. The number of rotatable bonds is 6. The molecule has 0 unspecified atom stereocenters. The lowest BCUT2D eigenvalue weighted by atomic mass is 9.91. The molecule has 2 aliphatic carbocycles. The highest BCUT2D eigenvalue weighted by Crippen LogP contribution is 2.22. The SMILES string of the molecule is C1CCC(NC2CCCCC2)CC1.CC(C)(C)OC(=O)N[C@H](Cc1ccco1)C(=O)O.